The molecule has 1 heterocycles. The Balaban J connectivity index is 1.62. The molecule has 0 spiro atoms. The second kappa shape index (κ2) is 9.29. The molecule has 1 fully saturated rings. The van der Waals surface area contributed by atoms with Crippen LogP contribution in [0.3, 0.4) is 0 Å². The molecule has 4 nitrogen and oxygen atoms in total. The molecule has 1 aliphatic rings. The van der Waals surface area contributed by atoms with Crippen LogP contribution in [0.1, 0.15) is 64.9 Å². The van der Waals surface area contributed by atoms with Crippen molar-refractivity contribution in [3.63, 3.8) is 0 Å². The van der Waals surface area contributed by atoms with E-state index in [0.29, 0.717) is 17.2 Å². The topological polar surface area (TPSA) is 59.5 Å². The van der Waals surface area contributed by atoms with E-state index in [1.165, 1.54) is 6.07 Å². The molecule has 1 amide bonds. The lowest BCUT2D eigenvalue weighted by molar-refractivity contribution is 0.0997. The van der Waals surface area contributed by atoms with Crippen LogP contribution in [0.5, 0.6) is 0 Å². The number of nitrogens with two attached hydrogens (primary N) is 1. The molecule has 168 valence electrons. The average Bonchev–Trinajstić information content (AvgIpc) is 3.12. The maximum atomic E-state index is 13.9. The van der Waals surface area contributed by atoms with Crippen LogP contribution in [0, 0.1) is 18.7 Å². The summed E-state index contributed by atoms with van der Waals surface area (Å²) in [6, 6.07) is 17.0. The Hall–Kier alpha value is -2.92. The molecule has 32 heavy (non-hydrogen) atoms. The molecule has 1 atom stereocenters. The van der Waals surface area contributed by atoms with Crippen LogP contribution >= 0.6 is 0 Å². The first-order chi connectivity index (χ1) is 15.4. The first-order valence-corrected chi connectivity index (χ1v) is 11.3. The van der Waals surface area contributed by atoms with Crippen molar-refractivity contribution in [1.29, 1.82) is 0 Å². The van der Waals surface area contributed by atoms with Crippen molar-refractivity contribution in [2.24, 2.45) is 11.7 Å². The molecule has 3 aromatic rings. The number of halogens is 1. The van der Waals surface area contributed by atoms with Crippen molar-refractivity contribution >= 4 is 5.91 Å². The maximum Gasteiger partial charge on any atom is 0.252 e. The van der Waals surface area contributed by atoms with E-state index in [0.717, 1.165) is 48.1 Å². The molecule has 0 bridgehead atoms. The highest BCUT2D eigenvalue weighted by molar-refractivity contribution is 5.97. The Labute approximate surface area is 189 Å². The number of furan rings is 1. The molecule has 4 rings (SSSR count). The number of carbonyl (C=O) groups excluding carboxylic acids is 1. The van der Waals surface area contributed by atoms with Crippen molar-refractivity contribution in [3.05, 3.63) is 82.9 Å². The van der Waals surface area contributed by atoms with Gasteiger partial charge < -0.3 is 15.1 Å². The van der Waals surface area contributed by atoms with Gasteiger partial charge in [-0.05, 0) is 76.2 Å². The Bertz CT molecular complexity index is 1080. The number of benzene rings is 2. The molecular formula is C27H31FN2O2. The van der Waals surface area contributed by atoms with Crippen LogP contribution in [0.15, 0.2) is 59.0 Å². The minimum Gasteiger partial charge on any atom is -0.460 e. The van der Waals surface area contributed by atoms with E-state index < -0.39 is 5.91 Å². The average molecular weight is 435 g/mol. The zero-order chi connectivity index (χ0) is 22.8. The van der Waals surface area contributed by atoms with Crippen LogP contribution in [0.25, 0.3) is 11.3 Å². The summed E-state index contributed by atoms with van der Waals surface area (Å²) in [5.74, 6) is 1.33. The Morgan fingerprint density at radius 1 is 1.06 bits per heavy atom. The lowest BCUT2D eigenvalue weighted by Gasteiger charge is -2.37. The molecule has 1 aromatic heterocycles. The van der Waals surface area contributed by atoms with Crippen molar-refractivity contribution in [2.75, 3.05) is 14.1 Å². The standard InChI is InChI=1S/C27H31FN2O2/c1-17-23(27(29)31)24(26(32-17)20-8-5-4-6-9-20)18-12-14-19(15-13-18)25(30(2)3)21-10-7-11-22(28)16-21/h4-11,16,18-19,25H,12-15H2,1-3H3,(H2,29,31). The van der Waals surface area contributed by atoms with Crippen molar-refractivity contribution < 1.29 is 13.6 Å². The molecule has 2 aromatic carbocycles. The van der Waals surface area contributed by atoms with Gasteiger partial charge in [0.1, 0.15) is 17.3 Å². The summed E-state index contributed by atoms with van der Waals surface area (Å²) >= 11 is 0. The number of primary amides is 1. The van der Waals surface area contributed by atoms with Crippen LogP contribution in [0.4, 0.5) is 4.39 Å². The predicted octanol–water partition coefficient (Wildman–Crippen LogP) is 6.07. The predicted molar refractivity (Wildman–Crippen MR) is 125 cm³/mol. The number of aryl methyl sites for hydroxylation is 1. The largest absolute Gasteiger partial charge is 0.460 e. The van der Waals surface area contributed by atoms with Gasteiger partial charge in [0.25, 0.3) is 5.91 Å². The molecule has 1 aliphatic carbocycles. The second-order valence-electron chi connectivity index (χ2n) is 9.08. The van der Waals surface area contributed by atoms with Gasteiger partial charge in [0, 0.05) is 17.2 Å². The molecule has 1 saturated carbocycles. The van der Waals surface area contributed by atoms with Gasteiger partial charge in [-0.2, -0.15) is 0 Å². The van der Waals surface area contributed by atoms with Gasteiger partial charge in [0.15, 0.2) is 0 Å². The summed E-state index contributed by atoms with van der Waals surface area (Å²) in [4.78, 5) is 14.5. The highest BCUT2D eigenvalue weighted by Gasteiger charge is 2.35. The number of hydrogen-bond acceptors (Lipinski definition) is 3. The van der Waals surface area contributed by atoms with Gasteiger partial charge in [-0.25, -0.2) is 4.39 Å². The lowest BCUT2D eigenvalue weighted by Crippen LogP contribution is -2.30. The van der Waals surface area contributed by atoms with Gasteiger partial charge in [-0.1, -0.05) is 42.5 Å². The van der Waals surface area contributed by atoms with Crippen LogP contribution in [-0.4, -0.2) is 24.9 Å². The number of nitrogens with zero attached hydrogens (tertiary/aromatic N) is 1. The highest BCUT2D eigenvalue weighted by atomic mass is 19.1. The number of hydrogen-bond donors (Lipinski definition) is 1. The fourth-order valence-corrected chi connectivity index (χ4v) is 5.47. The van der Waals surface area contributed by atoms with Gasteiger partial charge >= 0.3 is 0 Å². The Kier molecular flexibility index (Phi) is 6.47. The minimum absolute atomic E-state index is 0.155. The van der Waals surface area contributed by atoms with E-state index in [1.54, 1.807) is 12.1 Å². The molecule has 0 saturated heterocycles. The number of carbonyl (C=O) groups is 1. The first-order valence-electron chi connectivity index (χ1n) is 11.3. The molecule has 0 radical (unpaired) electrons. The molecule has 0 aliphatic heterocycles. The monoisotopic (exact) mass is 434 g/mol. The summed E-state index contributed by atoms with van der Waals surface area (Å²) < 4.78 is 20.0. The molecule has 5 heteroatoms. The van der Waals surface area contributed by atoms with Gasteiger partial charge in [0.2, 0.25) is 0 Å². The van der Waals surface area contributed by atoms with E-state index in [1.807, 2.05) is 43.3 Å². The summed E-state index contributed by atoms with van der Waals surface area (Å²) in [5.41, 5.74) is 9.24. The normalized spacial score (nSPS) is 19.8. The quantitative estimate of drug-likeness (QED) is 0.512. The number of amides is 1. The van der Waals surface area contributed by atoms with E-state index >= 15 is 0 Å². The fourth-order valence-electron chi connectivity index (χ4n) is 5.47. The molecule has 2 N–H and O–H groups in total. The first kappa shape index (κ1) is 22.3. The van der Waals surface area contributed by atoms with Gasteiger partial charge in [0.05, 0.1) is 5.56 Å². The summed E-state index contributed by atoms with van der Waals surface area (Å²) in [6.07, 6.45) is 3.84. The van der Waals surface area contributed by atoms with E-state index in [9.17, 15) is 9.18 Å². The third-order valence-electron chi connectivity index (χ3n) is 6.78. The zero-order valence-corrected chi connectivity index (χ0v) is 19.0. The van der Waals surface area contributed by atoms with Crippen LogP contribution in [0.2, 0.25) is 0 Å². The van der Waals surface area contributed by atoms with E-state index in [-0.39, 0.29) is 17.8 Å². The summed E-state index contributed by atoms with van der Waals surface area (Å²) in [5, 5.41) is 0. The zero-order valence-electron chi connectivity index (χ0n) is 19.0. The Morgan fingerprint density at radius 3 is 2.34 bits per heavy atom. The lowest BCUT2D eigenvalue weighted by atomic mass is 9.73. The third-order valence-corrected chi connectivity index (χ3v) is 6.78. The van der Waals surface area contributed by atoms with Crippen molar-refractivity contribution in [3.8, 4) is 11.3 Å². The SMILES string of the molecule is Cc1oc(-c2ccccc2)c(C2CCC(C(c3cccc(F)c3)N(C)C)CC2)c1C(N)=O. The van der Waals surface area contributed by atoms with Gasteiger partial charge in [-0.15, -0.1) is 0 Å². The fraction of sp³-hybridized carbons (Fsp3) is 0.370. The summed E-state index contributed by atoms with van der Waals surface area (Å²) in [6.45, 7) is 1.81. The minimum atomic E-state index is -0.434. The third kappa shape index (κ3) is 4.35. The van der Waals surface area contributed by atoms with Gasteiger partial charge in [-0.3, -0.25) is 4.79 Å². The molecular weight excluding hydrogens is 403 g/mol. The van der Waals surface area contributed by atoms with Crippen molar-refractivity contribution in [1.82, 2.24) is 4.90 Å². The van der Waals surface area contributed by atoms with E-state index in [2.05, 4.69) is 19.0 Å². The number of rotatable bonds is 6. The van der Waals surface area contributed by atoms with Crippen LogP contribution < -0.4 is 5.73 Å². The van der Waals surface area contributed by atoms with Crippen LogP contribution in [-0.2, 0) is 0 Å². The Morgan fingerprint density at radius 2 is 1.75 bits per heavy atom. The molecule has 1 unspecified atom stereocenters. The van der Waals surface area contributed by atoms with Crippen molar-refractivity contribution in [2.45, 2.75) is 44.6 Å². The van der Waals surface area contributed by atoms with E-state index in [4.69, 9.17) is 10.2 Å². The second-order valence-corrected chi connectivity index (χ2v) is 9.08. The smallest absolute Gasteiger partial charge is 0.252 e. The highest BCUT2D eigenvalue weighted by Crippen LogP contribution is 2.47. The maximum absolute atomic E-state index is 13.9. The summed E-state index contributed by atoms with van der Waals surface area (Å²) in [7, 11) is 4.11.